The second-order valence-electron chi connectivity index (χ2n) is 3.78. The van der Waals surface area contributed by atoms with Gasteiger partial charge in [-0.15, -0.1) is 0 Å². The molecule has 0 atom stereocenters. The Kier molecular flexibility index (Phi) is 2.68. The number of hydrogen-bond donors (Lipinski definition) is 0. The Morgan fingerprint density at radius 2 is 1.83 bits per heavy atom. The van der Waals surface area contributed by atoms with Crippen LogP contribution >= 0.6 is 15.9 Å². The second kappa shape index (κ2) is 4.34. The molecule has 0 aliphatic carbocycles. The molecule has 3 aromatic rings. The SMILES string of the molecule is [O-]c1nc(-c2ccc(Br)cc2)n[n+]2ccccc12. The third kappa shape index (κ3) is 1.93. The highest BCUT2D eigenvalue weighted by atomic mass is 79.9. The van der Waals surface area contributed by atoms with Gasteiger partial charge in [0.1, 0.15) is 0 Å². The Labute approximate surface area is 112 Å². The van der Waals surface area contributed by atoms with Crippen LogP contribution in [0.3, 0.4) is 0 Å². The van der Waals surface area contributed by atoms with Gasteiger partial charge >= 0.3 is 0 Å². The van der Waals surface area contributed by atoms with Crippen LogP contribution in [0.25, 0.3) is 16.9 Å². The van der Waals surface area contributed by atoms with E-state index in [1.54, 1.807) is 22.8 Å². The summed E-state index contributed by atoms with van der Waals surface area (Å²) in [6, 6.07) is 12.8. The van der Waals surface area contributed by atoms with Crippen molar-refractivity contribution in [2.75, 3.05) is 0 Å². The minimum Gasteiger partial charge on any atom is -0.854 e. The number of aromatic nitrogens is 3. The maximum Gasteiger partial charge on any atom is 0.248 e. The highest BCUT2D eigenvalue weighted by molar-refractivity contribution is 9.10. The molecule has 0 bridgehead atoms. The highest BCUT2D eigenvalue weighted by Crippen LogP contribution is 2.19. The summed E-state index contributed by atoms with van der Waals surface area (Å²) in [4.78, 5) is 4.00. The fourth-order valence-corrected chi connectivity index (χ4v) is 1.95. The first-order chi connectivity index (χ1) is 8.74. The summed E-state index contributed by atoms with van der Waals surface area (Å²) >= 11 is 3.36. The van der Waals surface area contributed by atoms with E-state index in [2.05, 4.69) is 26.0 Å². The molecule has 5 heteroatoms. The third-order valence-corrected chi connectivity index (χ3v) is 3.10. The van der Waals surface area contributed by atoms with Crippen LogP contribution < -0.4 is 9.62 Å². The molecule has 3 rings (SSSR count). The Morgan fingerprint density at radius 3 is 2.61 bits per heavy atom. The van der Waals surface area contributed by atoms with E-state index in [1.165, 1.54) is 0 Å². The van der Waals surface area contributed by atoms with Crippen molar-refractivity contribution in [2.45, 2.75) is 0 Å². The number of benzene rings is 1. The lowest BCUT2D eigenvalue weighted by Crippen LogP contribution is -2.28. The van der Waals surface area contributed by atoms with Gasteiger partial charge in [-0.2, -0.15) is 0 Å². The quantitative estimate of drug-likeness (QED) is 0.643. The normalized spacial score (nSPS) is 10.7. The minimum absolute atomic E-state index is 0.275. The van der Waals surface area contributed by atoms with Gasteiger partial charge in [0.15, 0.2) is 0 Å². The molecule has 2 aromatic heterocycles. The van der Waals surface area contributed by atoms with E-state index in [-0.39, 0.29) is 5.88 Å². The molecular formula is C13H8BrN3O. The van der Waals surface area contributed by atoms with Crippen molar-refractivity contribution < 1.29 is 9.62 Å². The van der Waals surface area contributed by atoms with E-state index in [0.717, 1.165) is 10.0 Å². The van der Waals surface area contributed by atoms with Crippen molar-refractivity contribution >= 4 is 21.4 Å². The van der Waals surface area contributed by atoms with Gasteiger partial charge in [0.05, 0.1) is 5.88 Å². The van der Waals surface area contributed by atoms with Crippen molar-refractivity contribution in [2.24, 2.45) is 0 Å². The molecule has 0 spiro atoms. The smallest absolute Gasteiger partial charge is 0.248 e. The molecule has 1 aromatic carbocycles. The summed E-state index contributed by atoms with van der Waals surface area (Å²) < 4.78 is 2.52. The molecule has 0 N–H and O–H groups in total. The molecule has 0 aliphatic heterocycles. The molecule has 0 saturated heterocycles. The number of halogens is 1. The molecule has 18 heavy (non-hydrogen) atoms. The summed E-state index contributed by atoms with van der Waals surface area (Å²) in [6.07, 6.45) is 1.74. The zero-order valence-electron chi connectivity index (χ0n) is 9.25. The van der Waals surface area contributed by atoms with Crippen molar-refractivity contribution in [3.63, 3.8) is 0 Å². The first-order valence-electron chi connectivity index (χ1n) is 5.36. The second-order valence-corrected chi connectivity index (χ2v) is 4.69. The average molecular weight is 302 g/mol. The molecule has 0 radical (unpaired) electrons. The number of fused-ring (bicyclic) bond motifs is 1. The average Bonchev–Trinajstić information content (AvgIpc) is 2.39. The first kappa shape index (κ1) is 11.1. The number of pyridine rings is 1. The molecular weight excluding hydrogens is 294 g/mol. The van der Waals surface area contributed by atoms with Crippen molar-refractivity contribution in [3.8, 4) is 17.3 Å². The Bertz CT molecular complexity index is 713. The fourth-order valence-electron chi connectivity index (χ4n) is 1.69. The summed E-state index contributed by atoms with van der Waals surface area (Å²) in [5, 5.41) is 16.2. The van der Waals surface area contributed by atoms with Gasteiger partial charge in [0, 0.05) is 27.3 Å². The number of nitrogens with zero attached hydrogens (tertiary/aromatic N) is 3. The zero-order chi connectivity index (χ0) is 12.5. The predicted octanol–water partition coefficient (Wildman–Crippen LogP) is 1.72. The summed E-state index contributed by atoms with van der Waals surface area (Å²) in [5.74, 6) is 0.153. The summed E-state index contributed by atoms with van der Waals surface area (Å²) in [7, 11) is 0. The van der Waals surface area contributed by atoms with Crippen LogP contribution in [-0.2, 0) is 0 Å². The topological polar surface area (TPSA) is 52.9 Å². The third-order valence-electron chi connectivity index (χ3n) is 2.57. The summed E-state index contributed by atoms with van der Waals surface area (Å²) in [6.45, 7) is 0. The molecule has 0 unspecified atom stereocenters. The zero-order valence-corrected chi connectivity index (χ0v) is 10.8. The first-order valence-corrected chi connectivity index (χ1v) is 6.15. The van der Waals surface area contributed by atoms with Crippen molar-refractivity contribution in [1.82, 2.24) is 10.1 Å². The molecule has 0 saturated carbocycles. The lowest BCUT2D eigenvalue weighted by molar-refractivity contribution is -0.583. The molecule has 88 valence electrons. The lowest BCUT2D eigenvalue weighted by Gasteiger charge is -2.05. The van der Waals surface area contributed by atoms with E-state index >= 15 is 0 Å². The van der Waals surface area contributed by atoms with Crippen molar-refractivity contribution in [1.29, 1.82) is 0 Å². The lowest BCUT2D eigenvalue weighted by atomic mass is 10.2. The largest absolute Gasteiger partial charge is 0.854 e. The monoisotopic (exact) mass is 301 g/mol. The molecule has 2 heterocycles. The van der Waals surface area contributed by atoms with E-state index < -0.39 is 0 Å². The van der Waals surface area contributed by atoms with E-state index in [0.29, 0.717) is 11.3 Å². The standard InChI is InChI=1S/C13H8BrN3O/c14-10-6-4-9(5-7-10)12-15-13(18)11-3-1-2-8-17(11)16-12/h1-8H. The van der Waals surface area contributed by atoms with Crippen molar-refractivity contribution in [3.05, 3.63) is 53.1 Å². The Hall–Kier alpha value is -2.01. The predicted molar refractivity (Wildman–Crippen MR) is 67.8 cm³/mol. The van der Waals surface area contributed by atoms with E-state index in [9.17, 15) is 5.11 Å². The van der Waals surface area contributed by atoms with Gasteiger partial charge in [-0.05, 0) is 34.8 Å². The van der Waals surface area contributed by atoms with Gasteiger partial charge in [0.25, 0.3) is 0 Å². The Balaban J connectivity index is 2.21. The number of rotatable bonds is 1. The van der Waals surface area contributed by atoms with Crippen LogP contribution in [0.5, 0.6) is 5.88 Å². The summed E-state index contributed by atoms with van der Waals surface area (Å²) in [5.41, 5.74) is 1.28. The van der Waals surface area contributed by atoms with Crippen LogP contribution in [0.1, 0.15) is 0 Å². The van der Waals surface area contributed by atoms with Crippen LogP contribution in [0.2, 0.25) is 0 Å². The van der Waals surface area contributed by atoms with Crippen LogP contribution in [0.15, 0.2) is 53.1 Å². The molecule has 0 amide bonds. The van der Waals surface area contributed by atoms with Crippen LogP contribution in [0, 0.1) is 0 Å². The van der Waals surface area contributed by atoms with Gasteiger partial charge in [-0.25, -0.2) is 4.98 Å². The van der Waals surface area contributed by atoms with Gasteiger partial charge in [-0.3, -0.25) is 0 Å². The molecule has 0 fully saturated rings. The number of hydrogen-bond acceptors (Lipinski definition) is 3. The fraction of sp³-hybridized carbons (Fsp3) is 0. The molecule has 4 nitrogen and oxygen atoms in total. The van der Waals surface area contributed by atoms with Crippen LogP contribution in [-0.4, -0.2) is 10.1 Å². The highest BCUT2D eigenvalue weighted by Gasteiger charge is 2.10. The van der Waals surface area contributed by atoms with E-state index in [4.69, 9.17) is 0 Å². The van der Waals surface area contributed by atoms with E-state index in [1.807, 2.05) is 30.3 Å². The van der Waals surface area contributed by atoms with Gasteiger partial charge in [-0.1, -0.05) is 15.9 Å². The van der Waals surface area contributed by atoms with Gasteiger partial charge in [0.2, 0.25) is 17.5 Å². The maximum atomic E-state index is 11.9. The van der Waals surface area contributed by atoms with Gasteiger partial charge < -0.3 is 5.11 Å². The van der Waals surface area contributed by atoms with Crippen LogP contribution in [0.4, 0.5) is 0 Å². The maximum absolute atomic E-state index is 11.9. The molecule has 0 aliphatic rings. The minimum atomic E-state index is -0.275. The Morgan fingerprint density at radius 1 is 1.06 bits per heavy atom.